The van der Waals surface area contributed by atoms with Crippen LogP contribution in [0, 0.1) is 0 Å². The van der Waals surface area contributed by atoms with E-state index in [0.717, 1.165) is 12.6 Å². The van der Waals surface area contributed by atoms with Gasteiger partial charge in [0.25, 0.3) is 0 Å². The Hall–Kier alpha value is -0.900. The Morgan fingerprint density at radius 1 is 1.29 bits per heavy atom. The van der Waals surface area contributed by atoms with Gasteiger partial charge < -0.3 is 11.1 Å². The van der Waals surface area contributed by atoms with Gasteiger partial charge in [-0.05, 0) is 42.0 Å². The van der Waals surface area contributed by atoms with Crippen LogP contribution >= 0.6 is 11.3 Å². The Morgan fingerprint density at radius 3 is 2.88 bits per heavy atom. The van der Waals surface area contributed by atoms with Crippen molar-refractivity contribution in [3.63, 3.8) is 0 Å². The van der Waals surface area contributed by atoms with Crippen molar-refractivity contribution >= 4 is 21.4 Å². The summed E-state index contributed by atoms with van der Waals surface area (Å²) in [6.07, 6.45) is 4.09. The summed E-state index contributed by atoms with van der Waals surface area (Å²) in [5.41, 5.74) is 6.88. The van der Waals surface area contributed by atoms with E-state index in [9.17, 15) is 0 Å². The topological polar surface area (TPSA) is 38.0 Å². The van der Waals surface area contributed by atoms with Gasteiger partial charge in [-0.15, -0.1) is 11.3 Å². The second-order valence-corrected chi connectivity index (χ2v) is 5.97. The van der Waals surface area contributed by atoms with Crippen LogP contribution in [0.5, 0.6) is 0 Å². The van der Waals surface area contributed by atoms with Crippen molar-refractivity contribution in [1.29, 1.82) is 0 Å². The van der Waals surface area contributed by atoms with Gasteiger partial charge in [0.05, 0.1) is 0 Å². The molecule has 1 aromatic carbocycles. The van der Waals surface area contributed by atoms with Crippen LogP contribution in [0.2, 0.25) is 0 Å². The Bertz CT molecular complexity index is 514. The minimum absolute atomic E-state index is 0.626. The highest BCUT2D eigenvalue weighted by molar-refractivity contribution is 7.19. The normalized spacial score (nSPS) is 16.3. The summed E-state index contributed by atoms with van der Waals surface area (Å²) in [6, 6.07) is 9.58. The fraction of sp³-hybridized carbons (Fsp3) is 0.429. The first kappa shape index (κ1) is 11.2. The first-order valence-corrected chi connectivity index (χ1v) is 7.11. The van der Waals surface area contributed by atoms with Crippen molar-refractivity contribution in [2.75, 3.05) is 0 Å². The first-order chi connectivity index (χ1) is 8.35. The third-order valence-electron chi connectivity index (χ3n) is 3.54. The van der Waals surface area contributed by atoms with E-state index in [1.54, 1.807) is 0 Å². The number of nitrogens with two attached hydrogens (primary N) is 1. The molecule has 90 valence electrons. The number of benzene rings is 1. The van der Waals surface area contributed by atoms with Crippen molar-refractivity contribution in [3.8, 4) is 0 Å². The average Bonchev–Trinajstić information content (AvgIpc) is 2.68. The molecule has 0 radical (unpaired) electrons. The molecular formula is C14H18N2S. The molecule has 0 atom stereocenters. The lowest BCUT2D eigenvalue weighted by molar-refractivity contribution is 0.339. The Balaban J connectivity index is 1.75. The Kier molecular flexibility index (Phi) is 3.14. The number of rotatable bonds is 4. The summed E-state index contributed by atoms with van der Waals surface area (Å²) < 4.78 is 1.37. The molecule has 1 aliphatic rings. The van der Waals surface area contributed by atoms with Gasteiger partial charge in [0.15, 0.2) is 0 Å². The zero-order valence-electron chi connectivity index (χ0n) is 9.91. The van der Waals surface area contributed by atoms with E-state index in [-0.39, 0.29) is 0 Å². The van der Waals surface area contributed by atoms with Crippen molar-refractivity contribution in [2.45, 2.75) is 38.4 Å². The monoisotopic (exact) mass is 246 g/mol. The molecule has 3 N–H and O–H groups in total. The molecule has 1 fully saturated rings. The van der Waals surface area contributed by atoms with Gasteiger partial charge in [-0.1, -0.05) is 12.5 Å². The zero-order chi connectivity index (χ0) is 11.7. The SMILES string of the molecule is NCc1ccc2sc(CNC3CCC3)cc2c1. The van der Waals surface area contributed by atoms with E-state index >= 15 is 0 Å². The van der Waals surface area contributed by atoms with E-state index in [1.165, 1.54) is 39.8 Å². The molecule has 3 heteroatoms. The van der Waals surface area contributed by atoms with E-state index in [2.05, 4.69) is 29.6 Å². The average molecular weight is 246 g/mol. The fourth-order valence-corrected chi connectivity index (χ4v) is 3.21. The summed E-state index contributed by atoms with van der Waals surface area (Å²) in [5.74, 6) is 0. The lowest BCUT2D eigenvalue weighted by Crippen LogP contribution is -2.34. The van der Waals surface area contributed by atoms with Gasteiger partial charge in [-0.3, -0.25) is 0 Å². The minimum atomic E-state index is 0.626. The van der Waals surface area contributed by atoms with Gasteiger partial charge in [-0.25, -0.2) is 0 Å². The molecule has 0 spiro atoms. The predicted octanol–water partition coefficient (Wildman–Crippen LogP) is 3.00. The van der Waals surface area contributed by atoms with Gasteiger partial charge in [0.1, 0.15) is 0 Å². The second kappa shape index (κ2) is 4.77. The van der Waals surface area contributed by atoms with E-state index < -0.39 is 0 Å². The first-order valence-electron chi connectivity index (χ1n) is 6.30. The number of hydrogen-bond acceptors (Lipinski definition) is 3. The number of fused-ring (bicyclic) bond motifs is 1. The summed E-state index contributed by atoms with van der Waals surface area (Å²) in [4.78, 5) is 1.43. The molecule has 3 rings (SSSR count). The standard InChI is InChI=1S/C14H18N2S/c15-8-10-4-5-14-11(6-10)7-13(17-14)9-16-12-2-1-3-12/h4-7,12,16H,1-3,8-9,15H2. The second-order valence-electron chi connectivity index (χ2n) is 4.80. The lowest BCUT2D eigenvalue weighted by Gasteiger charge is -2.26. The maximum atomic E-state index is 5.66. The van der Waals surface area contributed by atoms with Crippen molar-refractivity contribution in [1.82, 2.24) is 5.32 Å². The van der Waals surface area contributed by atoms with E-state index in [0.29, 0.717) is 6.54 Å². The summed E-state index contributed by atoms with van der Waals surface area (Å²) >= 11 is 1.89. The molecule has 0 unspecified atom stereocenters. The third kappa shape index (κ3) is 2.37. The maximum absolute atomic E-state index is 5.66. The molecule has 2 aromatic rings. The van der Waals surface area contributed by atoms with E-state index in [4.69, 9.17) is 5.73 Å². The highest BCUT2D eigenvalue weighted by atomic mass is 32.1. The molecule has 0 saturated heterocycles. The van der Waals surface area contributed by atoms with Crippen LogP contribution in [0.3, 0.4) is 0 Å². The molecule has 1 saturated carbocycles. The fourth-order valence-electron chi connectivity index (χ4n) is 2.22. The molecule has 1 aliphatic carbocycles. The van der Waals surface area contributed by atoms with Crippen LogP contribution in [0.15, 0.2) is 24.3 Å². The molecule has 1 aromatic heterocycles. The van der Waals surface area contributed by atoms with Crippen LogP contribution < -0.4 is 11.1 Å². The highest BCUT2D eigenvalue weighted by Crippen LogP contribution is 2.27. The predicted molar refractivity (Wildman–Crippen MR) is 74.2 cm³/mol. The quantitative estimate of drug-likeness (QED) is 0.870. The largest absolute Gasteiger partial charge is 0.326 e. The third-order valence-corrected chi connectivity index (χ3v) is 4.65. The highest BCUT2D eigenvalue weighted by Gasteiger charge is 2.16. The van der Waals surface area contributed by atoms with Gasteiger partial charge in [-0.2, -0.15) is 0 Å². The summed E-state index contributed by atoms with van der Waals surface area (Å²) in [7, 11) is 0. The number of thiophene rings is 1. The number of hydrogen-bond donors (Lipinski definition) is 2. The van der Waals surface area contributed by atoms with Gasteiger partial charge >= 0.3 is 0 Å². The molecular weight excluding hydrogens is 228 g/mol. The summed E-state index contributed by atoms with van der Waals surface area (Å²) in [6.45, 7) is 1.64. The van der Waals surface area contributed by atoms with E-state index in [1.807, 2.05) is 11.3 Å². The van der Waals surface area contributed by atoms with Gasteiger partial charge in [0.2, 0.25) is 0 Å². The smallest absolute Gasteiger partial charge is 0.0346 e. The maximum Gasteiger partial charge on any atom is 0.0346 e. The zero-order valence-corrected chi connectivity index (χ0v) is 10.7. The van der Waals surface area contributed by atoms with Crippen LogP contribution in [0.25, 0.3) is 10.1 Å². The lowest BCUT2D eigenvalue weighted by atomic mass is 9.93. The van der Waals surface area contributed by atoms with Crippen molar-refractivity contribution in [2.24, 2.45) is 5.73 Å². The van der Waals surface area contributed by atoms with Crippen LogP contribution in [-0.4, -0.2) is 6.04 Å². The summed E-state index contributed by atoms with van der Waals surface area (Å²) in [5, 5.41) is 4.95. The molecule has 0 bridgehead atoms. The van der Waals surface area contributed by atoms with Crippen molar-refractivity contribution < 1.29 is 0 Å². The Morgan fingerprint density at radius 2 is 2.18 bits per heavy atom. The Labute approximate surface area is 106 Å². The van der Waals surface area contributed by atoms with Crippen LogP contribution in [-0.2, 0) is 13.1 Å². The minimum Gasteiger partial charge on any atom is -0.326 e. The molecule has 17 heavy (non-hydrogen) atoms. The number of nitrogens with one attached hydrogen (secondary N) is 1. The molecule has 2 nitrogen and oxygen atoms in total. The van der Waals surface area contributed by atoms with Crippen LogP contribution in [0.4, 0.5) is 0 Å². The van der Waals surface area contributed by atoms with Crippen molar-refractivity contribution in [3.05, 3.63) is 34.7 Å². The van der Waals surface area contributed by atoms with Gasteiger partial charge in [0, 0.05) is 28.7 Å². The van der Waals surface area contributed by atoms with Crippen LogP contribution in [0.1, 0.15) is 29.7 Å². The molecule has 0 amide bonds. The molecule has 1 heterocycles. The molecule has 0 aliphatic heterocycles.